The summed E-state index contributed by atoms with van der Waals surface area (Å²) in [5, 5.41) is 5.47. The van der Waals surface area contributed by atoms with Crippen LogP contribution in [-0.2, 0) is 4.79 Å². The normalized spacial score (nSPS) is 10.9. The molecule has 1 aromatic heterocycles. The molecule has 6 nitrogen and oxygen atoms in total. The number of amides is 2. The van der Waals surface area contributed by atoms with E-state index < -0.39 is 5.91 Å². The van der Waals surface area contributed by atoms with Crippen LogP contribution in [0.4, 0.5) is 5.69 Å². The minimum absolute atomic E-state index is 0.0946. The molecule has 0 atom stereocenters. The summed E-state index contributed by atoms with van der Waals surface area (Å²) in [7, 11) is 0. The van der Waals surface area contributed by atoms with Gasteiger partial charge < -0.3 is 15.4 Å². The maximum atomic E-state index is 13.0. The number of carbonyl (C=O) groups excluding carboxylic acids is 2. The number of hydrogen-bond donors (Lipinski definition) is 2. The molecule has 0 aliphatic carbocycles. The molecule has 0 aliphatic heterocycles. The van der Waals surface area contributed by atoms with Gasteiger partial charge in [-0.3, -0.25) is 14.6 Å². The summed E-state index contributed by atoms with van der Waals surface area (Å²) in [6.45, 7) is 0. The highest BCUT2D eigenvalue weighted by Crippen LogP contribution is 2.29. The van der Waals surface area contributed by atoms with Crippen LogP contribution in [0.25, 0.3) is 6.08 Å². The Morgan fingerprint density at radius 3 is 2.29 bits per heavy atom. The largest absolute Gasteiger partial charge is 0.456 e. The van der Waals surface area contributed by atoms with E-state index in [0.29, 0.717) is 28.3 Å². The van der Waals surface area contributed by atoms with E-state index in [1.807, 2.05) is 30.3 Å². The zero-order valence-electron chi connectivity index (χ0n) is 17.9. The second-order valence-corrected chi connectivity index (χ2v) is 8.03. The van der Waals surface area contributed by atoms with Crippen LogP contribution in [0.5, 0.6) is 11.5 Å². The second kappa shape index (κ2) is 11.1. The van der Waals surface area contributed by atoms with E-state index >= 15 is 0 Å². The molecule has 0 fully saturated rings. The van der Waals surface area contributed by atoms with E-state index in [1.165, 1.54) is 6.20 Å². The van der Waals surface area contributed by atoms with Crippen molar-refractivity contribution < 1.29 is 14.3 Å². The lowest BCUT2D eigenvalue weighted by Gasteiger charge is -2.12. The highest BCUT2D eigenvalue weighted by atomic mass is 79.9. The number of nitrogens with zero attached hydrogens (tertiary/aromatic N) is 1. The van der Waals surface area contributed by atoms with Crippen molar-refractivity contribution in [2.45, 2.75) is 0 Å². The Bertz CT molecular complexity index is 1310. The van der Waals surface area contributed by atoms with E-state index in [1.54, 1.807) is 72.9 Å². The van der Waals surface area contributed by atoms with Crippen LogP contribution in [0, 0.1) is 0 Å². The molecule has 0 saturated carbocycles. The SMILES string of the molecule is O=C(Nc1cccnc1)C(=Cc1ccc(Oc2ccccc2Br)cc1)NC(=O)c1ccccc1. The van der Waals surface area contributed by atoms with Crippen LogP contribution >= 0.6 is 15.9 Å². The smallest absolute Gasteiger partial charge is 0.272 e. The van der Waals surface area contributed by atoms with Crippen molar-refractivity contribution in [2.75, 3.05) is 5.32 Å². The molecule has 1 heterocycles. The van der Waals surface area contributed by atoms with Gasteiger partial charge >= 0.3 is 0 Å². The Labute approximate surface area is 205 Å². The fourth-order valence-corrected chi connectivity index (χ4v) is 3.40. The number of halogens is 1. The lowest BCUT2D eigenvalue weighted by atomic mass is 10.1. The summed E-state index contributed by atoms with van der Waals surface area (Å²) in [5.41, 5.74) is 1.77. The zero-order chi connectivity index (χ0) is 23.8. The first-order valence-corrected chi connectivity index (χ1v) is 11.2. The molecule has 0 spiro atoms. The standard InChI is InChI=1S/C27H20BrN3O3/c28-23-10-4-5-11-25(23)34-22-14-12-19(13-15-22)17-24(27(33)30-21-9-6-16-29-18-21)31-26(32)20-7-2-1-3-8-20/h1-18H,(H,30,33)(H,31,32). The third-order valence-electron chi connectivity index (χ3n) is 4.70. The fraction of sp³-hybridized carbons (Fsp3) is 0. The summed E-state index contributed by atoms with van der Waals surface area (Å²) in [5.74, 6) is 0.476. The molecule has 2 N–H and O–H groups in total. The van der Waals surface area contributed by atoms with E-state index in [0.717, 1.165) is 4.47 Å². The number of aromatic nitrogens is 1. The lowest BCUT2D eigenvalue weighted by Crippen LogP contribution is -2.30. The van der Waals surface area contributed by atoms with Crippen LogP contribution in [0.15, 0.2) is 114 Å². The van der Waals surface area contributed by atoms with Gasteiger partial charge in [-0.25, -0.2) is 0 Å². The summed E-state index contributed by atoms with van der Waals surface area (Å²) in [6.07, 6.45) is 4.75. The van der Waals surface area contributed by atoms with Gasteiger partial charge in [-0.15, -0.1) is 0 Å². The van der Waals surface area contributed by atoms with E-state index in [9.17, 15) is 9.59 Å². The topological polar surface area (TPSA) is 80.3 Å². The third kappa shape index (κ3) is 6.17. The van der Waals surface area contributed by atoms with Gasteiger partial charge in [0.1, 0.15) is 17.2 Å². The molecule has 0 bridgehead atoms. The van der Waals surface area contributed by atoms with Crippen molar-refractivity contribution in [3.8, 4) is 11.5 Å². The van der Waals surface area contributed by atoms with E-state index in [4.69, 9.17) is 4.74 Å². The molecule has 4 aromatic rings. The van der Waals surface area contributed by atoms with Gasteiger partial charge in [-0.2, -0.15) is 0 Å². The summed E-state index contributed by atoms with van der Waals surface area (Å²) in [4.78, 5) is 29.7. The number of nitrogens with one attached hydrogen (secondary N) is 2. The molecular formula is C27H20BrN3O3. The first kappa shape index (κ1) is 22.9. The number of hydrogen-bond acceptors (Lipinski definition) is 4. The minimum Gasteiger partial charge on any atom is -0.456 e. The van der Waals surface area contributed by atoms with Crippen LogP contribution in [0.2, 0.25) is 0 Å². The van der Waals surface area contributed by atoms with Gasteiger partial charge in [0.2, 0.25) is 0 Å². The number of anilines is 1. The zero-order valence-corrected chi connectivity index (χ0v) is 19.5. The van der Waals surface area contributed by atoms with E-state index in [-0.39, 0.29) is 11.6 Å². The Hall–Kier alpha value is -4.23. The number of ether oxygens (including phenoxy) is 1. The van der Waals surface area contributed by atoms with Crippen molar-refractivity contribution in [1.82, 2.24) is 10.3 Å². The fourth-order valence-electron chi connectivity index (χ4n) is 3.03. The number of benzene rings is 3. The molecule has 3 aromatic carbocycles. The molecule has 7 heteroatoms. The lowest BCUT2D eigenvalue weighted by molar-refractivity contribution is -0.113. The Morgan fingerprint density at radius 1 is 0.853 bits per heavy atom. The van der Waals surface area contributed by atoms with Crippen molar-refractivity contribution in [3.05, 3.63) is 125 Å². The van der Waals surface area contributed by atoms with Crippen molar-refractivity contribution >= 4 is 39.5 Å². The van der Waals surface area contributed by atoms with Gasteiger partial charge in [0, 0.05) is 11.8 Å². The Morgan fingerprint density at radius 2 is 1.59 bits per heavy atom. The Balaban J connectivity index is 1.56. The van der Waals surface area contributed by atoms with Crippen molar-refractivity contribution in [1.29, 1.82) is 0 Å². The molecule has 0 aliphatic rings. The minimum atomic E-state index is -0.467. The van der Waals surface area contributed by atoms with Crippen LogP contribution in [0.3, 0.4) is 0 Å². The second-order valence-electron chi connectivity index (χ2n) is 7.18. The summed E-state index contributed by atoms with van der Waals surface area (Å²) >= 11 is 3.46. The molecule has 2 amide bonds. The average molecular weight is 514 g/mol. The molecule has 168 valence electrons. The van der Waals surface area contributed by atoms with Crippen molar-refractivity contribution in [3.63, 3.8) is 0 Å². The highest BCUT2D eigenvalue weighted by molar-refractivity contribution is 9.10. The molecule has 0 saturated heterocycles. The van der Waals surface area contributed by atoms with Gasteiger partial charge in [-0.05, 0) is 76.1 Å². The summed E-state index contributed by atoms with van der Waals surface area (Å²) < 4.78 is 6.74. The molecule has 0 radical (unpaired) electrons. The Kier molecular flexibility index (Phi) is 7.47. The first-order chi connectivity index (χ1) is 16.6. The quantitative estimate of drug-likeness (QED) is 0.295. The van der Waals surface area contributed by atoms with Crippen molar-refractivity contribution in [2.24, 2.45) is 0 Å². The van der Waals surface area contributed by atoms with E-state index in [2.05, 4.69) is 31.5 Å². The maximum absolute atomic E-state index is 13.0. The highest BCUT2D eigenvalue weighted by Gasteiger charge is 2.15. The average Bonchev–Trinajstić information content (AvgIpc) is 2.87. The molecule has 34 heavy (non-hydrogen) atoms. The van der Waals surface area contributed by atoms with Gasteiger partial charge in [0.15, 0.2) is 0 Å². The molecule has 4 rings (SSSR count). The predicted molar refractivity (Wildman–Crippen MR) is 135 cm³/mol. The maximum Gasteiger partial charge on any atom is 0.272 e. The first-order valence-electron chi connectivity index (χ1n) is 10.4. The van der Waals surface area contributed by atoms with Gasteiger partial charge in [-0.1, -0.05) is 42.5 Å². The monoisotopic (exact) mass is 513 g/mol. The number of para-hydroxylation sites is 1. The van der Waals surface area contributed by atoms with Crippen LogP contribution < -0.4 is 15.4 Å². The predicted octanol–water partition coefficient (Wildman–Crippen LogP) is 6.05. The van der Waals surface area contributed by atoms with Crippen LogP contribution in [-0.4, -0.2) is 16.8 Å². The number of rotatable bonds is 7. The molecule has 0 unspecified atom stereocenters. The number of carbonyl (C=O) groups is 2. The van der Waals surface area contributed by atoms with Crippen LogP contribution in [0.1, 0.15) is 15.9 Å². The third-order valence-corrected chi connectivity index (χ3v) is 5.36. The van der Waals surface area contributed by atoms with Gasteiger partial charge in [0.25, 0.3) is 11.8 Å². The van der Waals surface area contributed by atoms with Gasteiger partial charge in [0.05, 0.1) is 16.4 Å². The molecular weight excluding hydrogens is 494 g/mol. The number of pyridine rings is 1. The summed E-state index contributed by atoms with van der Waals surface area (Å²) in [6, 6.07) is 26.9.